The van der Waals surface area contributed by atoms with Gasteiger partial charge in [-0.15, -0.1) is 0 Å². The third-order valence-corrected chi connectivity index (χ3v) is 6.16. The Balaban J connectivity index is -0.00000108. The van der Waals surface area contributed by atoms with E-state index in [9.17, 15) is 56.2 Å². The molecule has 3 aliphatic heterocycles. The highest BCUT2D eigenvalue weighted by Gasteiger charge is 2.58. The molecule has 0 bridgehead atoms. The van der Waals surface area contributed by atoms with E-state index in [1.807, 2.05) is 0 Å². The Morgan fingerprint density at radius 2 is 0.975 bits per heavy atom. The molecule has 0 aliphatic carbocycles. The predicted octanol–water partition coefficient (Wildman–Crippen LogP) is -12.5. The Morgan fingerprint density at radius 1 is 0.525 bits per heavy atom. The van der Waals surface area contributed by atoms with E-state index in [1.54, 1.807) is 0 Å². The number of aliphatic hydroxyl groups is 11. The molecular formula is C18H44O22. The number of aliphatic hydroxyl groups excluding tert-OH is 11. The van der Waals surface area contributed by atoms with E-state index in [4.69, 9.17) is 23.7 Å². The van der Waals surface area contributed by atoms with Crippen LogP contribution in [0.4, 0.5) is 0 Å². The molecule has 22 heteroatoms. The first-order valence-electron chi connectivity index (χ1n) is 10.6. The first-order chi connectivity index (χ1) is 16.0. The van der Waals surface area contributed by atoms with Gasteiger partial charge in [0.25, 0.3) is 0 Å². The summed E-state index contributed by atoms with van der Waals surface area (Å²) in [5, 5.41) is 109. The zero-order valence-electron chi connectivity index (χ0n) is 20.8. The Kier molecular flexibility index (Phi) is 21.4. The summed E-state index contributed by atoms with van der Waals surface area (Å²) in [4.78, 5) is 0. The van der Waals surface area contributed by atoms with Gasteiger partial charge >= 0.3 is 0 Å². The molecule has 0 amide bonds. The van der Waals surface area contributed by atoms with Crippen molar-refractivity contribution in [1.29, 1.82) is 0 Å². The van der Waals surface area contributed by atoms with Gasteiger partial charge in [-0.25, -0.2) is 0 Å². The summed E-state index contributed by atoms with van der Waals surface area (Å²) < 4.78 is 26.4. The van der Waals surface area contributed by atoms with Crippen LogP contribution in [-0.4, -0.2) is 201 Å². The summed E-state index contributed by atoms with van der Waals surface area (Å²) in [5.41, 5.74) is 0. The zero-order valence-corrected chi connectivity index (χ0v) is 20.8. The second-order valence-corrected chi connectivity index (χ2v) is 8.41. The summed E-state index contributed by atoms with van der Waals surface area (Å²) in [7, 11) is 0. The number of hydrogen-bond acceptors (Lipinski definition) is 16. The van der Waals surface area contributed by atoms with E-state index in [2.05, 4.69) is 0 Å². The second-order valence-electron chi connectivity index (χ2n) is 8.41. The van der Waals surface area contributed by atoms with Crippen molar-refractivity contribution in [2.75, 3.05) is 26.4 Å². The van der Waals surface area contributed by atoms with Gasteiger partial charge < -0.3 is 113 Å². The van der Waals surface area contributed by atoms with Gasteiger partial charge in [0.05, 0.1) is 19.8 Å². The summed E-state index contributed by atoms with van der Waals surface area (Å²) in [5.74, 6) is -2.36. The minimum Gasteiger partial charge on any atom is -0.412 e. The predicted molar refractivity (Wildman–Crippen MR) is 123 cm³/mol. The molecule has 0 aromatic heterocycles. The van der Waals surface area contributed by atoms with Crippen LogP contribution >= 0.6 is 0 Å². The lowest BCUT2D eigenvalue weighted by Crippen LogP contribution is -2.63. The van der Waals surface area contributed by atoms with E-state index < -0.39 is 112 Å². The Morgan fingerprint density at radius 3 is 1.43 bits per heavy atom. The molecule has 0 saturated carbocycles. The Bertz CT molecular complexity index is 659. The quantitative estimate of drug-likeness (QED) is 0.121. The average Bonchev–Trinajstić information content (AvgIpc) is 3.08. The van der Waals surface area contributed by atoms with Crippen LogP contribution in [0.3, 0.4) is 0 Å². The molecule has 14 atom stereocenters. The fraction of sp³-hybridized carbons (Fsp3) is 1.00. The van der Waals surface area contributed by atoms with Gasteiger partial charge in [-0.2, -0.15) is 0 Å². The standard InChI is InChI=1S/C18H32O16.6H2O/c19-1-5-8(22)11(25)13(27)16(31-5)30-3-7-9(23)12(26)14(28)17(32-7)34-18(4-21)15(29)10(24)6(2-20)33-18;;;;;;/h5-17,19-29H,1-4H2;6*1H2/t5-,6-,7-,8+,9-,10-,11+,12+,13-,14-,15+,16?,17?,18+;;;;;;/m1....../s1. The van der Waals surface area contributed by atoms with Crippen LogP contribution in [0.5, 0.6) is 0 Å². The van der Waals surface area contributed by atoms with E-state index in [0.717, 1.165) is 0 Å². The van der Waals surface area contributed by atoms with Crippen LogP contribution < -0.4 is 0 Å². The van der Waals surface area contributed by atoms with Gasteiger partial charge in [0, 0.05) is 0 Å². The normalized spacial score (nSPS) is 44.3. The fourth-order valence-corrected chi connectivity index (χ4v) is 4.01. The number of rotatable bonds is 8. The molecular weight excluding hydrogens is 568 g/mol. The lowest BCUT2D eigenvalue weighted by atomic mass is 9.98. The largest absolute Gasteiger partial charge is 0.412 e. The summed E-state index contributed by atoms with van der Waals surface area (Å²) >= 11 is 0. The first-order valence-corrected chi connectivity index (χ1v) is 10.6. The molecule has 0 radical (unpaired) electrons. The van der Waals surface area contributed by atoms with Crippen molar-refractivity contribution in [2.45, 2.75) is 85.5 Å². The molecule has 22 nitrogen and oxygen atoms in total. The molecule has 0 aromatic carbocycles. The zero-order chi connectivity index (χ0) is 25.4. The maximum atomic E-state index is 10.3. The lowest BCUT2D eigenvalue weighted by molar-refractivity contribution is -0.388. The molecule has 0 spiro atoms. The van der Waals surface area contributed by atoms with E-state index >= 15 is 0 Å². The van der Waals surface area contributed by atoms with Crippen molar-refractivity contribution in [3.8, 4) is 0 Å². The van der Waals surface area contributed by atoms with Crippen LogP contribution in [-0.2, 0) is 23.7 Å². The third kappa shape index (κ3) is 8.58. The van der Waals surface area contributed by atoms with E-state index in [-0.39, 0.29) is 32.9 Å². The van der Waals surface area contributed by atoms with Gasteiger partial charge in [0.1, 0.15) is 73.8 Å². The Labute approximate surface area is 225 Å². The van der Waals surface area contributed by atoms with Gasteiger partial charge in [-0.3, -0.25) is 0 Å². The Hall–Kier alpha value is -0.880. The van der Waals surface area contributed by atoms with Crippen molar-refractivity contribution >= 4 is 0 Å². The van der Waals surface area contributed by atoms with Crippen molar-refractivity contribution in [3.05, 3.63) is 0 Å². The third-order valence-electron chi connectivity index (χ3n) is 6.16. The van der Waals surface area contributed by atoms with E-state index in [0.29, 0.717) is 0 Å². The highest BCUT2D eigenvalue weighted by atomic mass is 16.8. The van der Waals surface area contributed by atoms with Crippen molar-refractivity contribution in [3.63, 3.8) is 0 Å². The average molecular weight is 613 g/mol. The van der Waals surface area contributed by atoms with Crippen LogP contribution in [0.1, 0.15) is 0 Å². The molecule has 248 valence electrons. The number of ether oxygens (including phenoxy) is 5. The smallest absolute Gasteiger partial charge is 0.224 e. The molecule has 3 aliphatic rings. The molecule has 3 heterocycles. The van der Waals surface area contributed by atoms with Gasteiger partial charge in [-0.05, 0) is 0 Å². The molecule has 0 aromatic rings. The summed E-state index contributed by atoms with van der Waals surface area (Å²) in [6.45, 7) is -3.14. The lowest BCUT2D eigenvalue weighted by Gasteiger charge is -2.44. The molecule has 40 heavy (non-hydrogen) atoms. The minimum atomic E-state index is -2.36. The second kappa shape index (κ2) is 18.6. The number of hydrogen-bond donors (Lipinski definition) is 11. The van der Waals surface area contributed by atoms with Crippen LogP contribution in [0.15, 0.2) is 0 Å². The van der Waals surface area contributed by atoms with Crippen molar-refractivity contribution in [1.82, 2.24) is 0 Å². The van der Waals surface area contributed by atoms with Gasteiger partial charge in [0.2, 0.25) is 5.79 Å². The van der Waals surface area contributed by atoms with Crippen LogP contribution in [0.25, 0.3) is 0 Å². The van der Waals surface area contributed by atoms with Gasteiger partial charge in [-0.1, -0.05) is 0 Å². The maximum Gasteiger partial charge on any atom is 0.224 e. The van der Waals surface area contributed by atoms with Crippen LogP contribution in [0.2, 0.25) is 0 Å². The SMILES string of the molecule is O.O.O.O.O.O.OC[C@H]1OC(OC[C@H]2OC(O[C@]3(CO)O[C@H](CO)[C@@H](O)[C@@H]3O)[C@H](O)[C@@H](O)[C@@H]2O)[C@H](O)[C@@H](O)[C@H]1O. The highest BCUT2D eigenvalue weighted by Crippen LogP contribution is 2.36. The fourth-order valence-electron chi connectivity index (χ4n) is 4.01. The van der Waals surface area contributed by atoms with Gasteiger partial charge in [0.15, 0.2) is 12.6 Å². The molecule has 3 rings (SSSR count). The monoisotopic (exact) mass is 612 g/mol. The minimum absolute atomic E-state index is 0. The van der Waals surface area contributed by atoms with Crippen molar-refractivity contribution in [2.24, 2.45) is 0 Å². The molecule has 3 saturated heterocycles. The van der Waals surface area contributed by atoms with Crippen LogP contribution in [0, 0.1) is 0 Å². The maximum absolute atomic E-state index is 10.3. The first kappa shape index (κ1) is 46.1. The molecule has 2 unspecified atom stereocenters. The topological polar surface area (TPSA) is 458 Å². The molecule has 3 fully saturated rings. The molecule has 23 N–H and O–H groups in total. The summed E-state index contributed by atoms with van der Waals surface area (Å²) in [6, 6.07) is 0. The highest BCUT2D eigenvalue weighted by molar-refractivity contribution is 4.98. The van der Waals surface area contributed by atoms with E-state index in [1.165, 1.54) is 0 Å². The summed E-state index contributed by atoms with van der Waals surface area (Å²) in [6.07, 6.45) is -21.8. The van der Waals surface area contributed by atoms with Crippen molar-refractivity contribution < 1.29 is 113 Å².